The van der Waals surface area contributed by atoms with Gasteiger partial charge in [-0.1, -0.05) is 12.1 Å². The molecule has 2 aromatic rings. The second kappa shape index (κ2) is 9.19. The molecule has 1 aliphatic heterocycles. The van der Waals surface area contributed by atoms with Gasteiger partial charge in [0.2, 0.25) is 5.89 Å². The number of nitrogens with zero attached hydrogens (tertiary/aromatic N) is 3. The molecule has 26 heavy (non-hydrogen) atoms. The number of aryl methyl sites for hydroxylation is 1. The SMILES string of the molecule is CCc1ccc(C(=O)N2CCC(c3nc(CC(C)NC)no3)CC2)o1.Cl. The Hall–Kier alpha value is -1.86. The van der Waals surface area contributed by atoms with Crippen molar-refractivity contribution in [1.29, 1.82) is 0 Å². The molecule has 8 heteroatoms. The van der Waals surface area contributed by atoms with E-state index in [0.29, 0.717) is 30.8 Å². The van der Waals surface area contributed by atoms with E-state index >= 15 is 0 Å². The third-order valence-electron chi connectivity index (χ3n) is 4.82. The van der Waals surface area contributed by atoms with Crippen molar-refractivity contribution in [2.75, 3.05) is 20.1 Å². The monoisotopic (exact) mass is 382 g/mol. The van der Waals surface area contributed by atoms with Crippen LogP contribution >= 0.6 is 12.4 Å². The lowest BCUT2D eigenvalue weighted by atomic mass is 9.96. The van der Waals surface area contributed by atoms with E-state index in [1.165, 1.54) is 0 Å². The lowest BCUT2D eigenvalue weighted by Gasteiger charge is -2.29. The maximum Gasteiger partial charge on any atom is 0.289 e. The van der Waals surface area contributed by atoms with Gasteiger partial charge in [-0.15, -0.1) is 12.4 Å². The maximum absolute atomic E-state index is 12.5. The van der Waals surface area contributed by atoms with Gasteiger partial charge >= 0.3 is 0 Å². The summed E-state index contributed by atoms with van der Waals surface area (Å²) in [5, 5.41) is 7.24. The van der Waals surface area contributed by atoms with Crippen molar-refractivity contribution in [1.82, 2.24) is 20.4 Å². The molecule has 0 spiro atoms. The molecule has 1 fully saturated rings. The van der Waals surface area contributed by atoms with Crippen molar-refractivity contribution in [3.63, 3.8) is 0 Å². The number of likely N-dealkylation sites (N-methyl/N-ethyl adjacent to an activating group) is 1. The molecule has 3 heterocycles. The molecule has 1 aliphatic rings. The molecule has 1 atom stereocenters. The minimum Gasteiger partial charge on any atom is -0.456 e. The minimum atomic E-state index is -0.0350. The summed E-state index contributed by atoms with van der Waals surface area (Å²) in [6.45, 7) is 5.44. The van der Waals surface area contributed by atoms with E-state index in [4.69, 9.17) is 8.94 Å². The van der Waals surface area contributed by atoms with E-state index in [2.05, 4.69) is 22.4 Å². The summed E-state index contributed by atoms with van der Waals surface area (Å²) >= 11 is 0. The highest BCUT2D eigenvalue weighted by molar-refractivity contribution is 5.91. The first-order valence-corrected chi connectivity index (χ1v) is 8.98. The van der Waals surface area contributed by atoms with Crippen molar-refractivity contribution in [3.05, 3.63) is 35.4 Å². The summed E-state index contributed by atoms with van der Waals surface area (Å²) in [6, 6.07) is 3.94. The number of hydrogen-bond acceptors (Lipinski definition) is 6. The van der Waals surface area contributed by atoms with Crippen molar-refractivity contribution >= 4 is 18.3 Å². The molecule has 1 unspecified atom stereocenters. The van der Waals surface area contributed by atoms with Crippen LogP contribution in [-0.2, 0) is 12.8 Å². The number of rotatable bonds is 6. The lowest BCUT2D eigenvalue weighted by molar-refractivity contribution is 0.0670. The number of carbonyl (C=O) groups excluding carboxylic acids is 1. The van der Waals surface area contributed by atoms with Gasteiger partial charge in [-0.3, -0.25) is 4.79 Å². The topological polar surface area (TPSA) is 84.4 Å². The van der Waals surface area contributed by atoms with Gasteiger partial charge < -0.3 is 19.2 Å². The molecule has 0 aliphatic carbocycles. The highest BCUT2D eigenvalue weighted by Gasteiger charge is 2.29. The maximum atomic E-state index is 12.5. The van der Waals surface area contributed by atoms with Crippen molar-refractivity contribution in [3.8, 4) is 0 Å². The van der Waals surface area contributed by atoms with Gasteiger partial charge in [-0.25, -0.2) is 0 Å². The summed E-state index contributed by atoms with van der Waals surface area (Å²) in [5.41, 5.74) is 0. The second-order valence-corrected chi connectivity index (χ2v) is 6.63. The summed E-state index contributed by atoms with van der Waals surface area (Å²) in [7, 11) is 1.92. The van der Waals surface area contributed by atoms with E-state index in [1.807, 2.05) is 24.9 Å². The molecular formula is C18H27ClN4O3. The highest BCUT2D eigenvalue weighted by Crippen LogP contribution is 2.28. The van der Waals surface area contributed by atoms with Crippen molar-refractivity contribution in [2.24, 2.45) is 0 Å². The van der Waals surface area contributed by atoms with E-state index in [1.54, 1.807) is 6.07 Å². The number of nitrogens with one attached hydrogen (secondary N) is 1. The molecule has 144 valence electrons. The van der Waals surface area contributed by atoms with Gasteiger partial charge in [0.05, 0.1) is 0 Å². The Morgan fingerprint density at radius 3 is 2.73 bits per heavy atom. The average Bonchev–Trinajstić information content (AvgIpc) is 3.30. The van der Waals surface area contributed by atoms with Crippen LogP contribution < -0.4 is 5.32 Å². The van der Waals surface area contributed by atoms with E-state index in [0.717, 1.165) is 37.3 Å². The summed E-state index contributed by atoms with van der Waals surface area (Å²) in [5.74, 6) is 2.88. The van der Waals surface area contributed by atoms with Gasteiger partial charge in [0, 0.05) is 37.9 Å². The zero-order chi connectivity index (χ0) is 17.8. The molecule has 1 saturated heterocycles. The number of aromatic nitrogens is 2. The molecular weight excluding hydrogens is 356 g/mol. The van der Waals surface area contributed by atoms with Crippen LogP contribution in [0.5, 0.6) is 0 Å². The minimum absolute atomic E-state index is 0. The molecule has 0 radical (unpaired) electrons. The first kappa shape index (κ1) is 20.5. The van der Waals surface area contributed by atoms with Crippen LogP contribution in [0, 0.1) is 0 Å². The molecule has 7 nitrogen and oxygen atoms in total. The Labute approximate surface area is 159 Å². The van der Waals surface area contributed by atoms with Gasteiger partial charge in [-0.05, 0) is 38.9 Å². The van der Waals surface area contributed by atoms with Gasteiger partial charge in [0.25, 0.3) is 5.91 Å². The molecule has 2 aromatic heterocycles. The van der Waals surface area contributed by atoms with Crippen LogP contribution in [0.25, 0.3) is 0 Å². The normalized spacial score (nSPS) is 16.3. The zero-order valence-corrected chi connectivity index (χ0v) is 16.3. The van der Waals surface area contributed by atoms with Gasteiger partial charge in [0.15, 0.2) is 11.6 Å². The predicted molar refractivity (Wildman–Crippen MR) is 99.7 cm³/mol. The predicted octanol–water partition coefficient (Wildman–Crippen LogP) is 2.82. The Bertz CT molecular complexity index is 707. The quantitative estimate of drug-likeness (QED) is 0.826. The van der Waals surface area contributed by atoms with E-state index in [-0.39, 0.29) is 24.2 Å². The van der Waals surface area contributed by atoms with Crippen LogP contribution in [0.1, 0.15) is 60.6 Å². The van der Waals surface area contributed by atoms with Crippen LogP contribution in [-0.4, -0.2) is 47.1 Å². The number of amides is 1. The molecule has 0 saturated carbocycles. The smallest absolute Gasteiger partial charge is 0.289 e. The third kappa shape index (κ3) is 4.65. The van der Waals surface area contributed by atoms with Crippen LogP contribution in [0.2, 0.25) is 0 Å². The van der Waals surface area contributed by atoms with Gasteiger partial charge in [-0.2, -0.15) is 4.98 Å². The Kier molecular flexibility index (Phi) is 7.23. The zero-order valence-electron chi connectivity index (χ0n) is 15.5. The van der Waals surface area contributed by atoms with Crippen LogP contribution in [0.4, 0.5) is 0 Å². The fraction of sp³-hybridized carbons (Fsp3) is 0.611. The van der Waals surface area contributed by atoms with E-state index < -0.39 is 0 Å². The fourth-order valence-corrected chi connectivity index (χ4v) is 3.06. The Morgan fingerprint density at radius 1 is 1.38 bits per heavy atom. The fourth-order valence-electron chi connectivity index (χ4n) is 3.06. The second-order valence-electron chi connectivity index (χ2n) is 6.63. The molecule has 3 rings (SSSR count). The number of furan rings is 1. The lowest BCUT2D eigenvalue weighted by Crippen LogP contribution is -2.37. The summed E-state index contributed by atoms with van der Waals surface area (Å²) in [6.07, 6.45) is 3.20. The van der Waals surface area contributed by atoms with Crippen LogP contribution in [0.3, 0.4) is 0 Å². The molecule has 0 aromatic carbocycles. The van der Waals surface area contributed by atoms with Crippen molar-refractivity contribution in [2.45, 2.75) is 51.5 Å². The summed E-state index contributed by atoms with van der Waals surface area (Å²) in [4.78, 5) is 18.9. The molecule has 0 bridgehead atoms. The first-order valence-electron chi connectivity index (χ1n) is 8.98. The highest BCUT2D eigenvalue weighted by atomic mass is 35.5. The van der Waals surface area contributed by atoms with Crippen molar-refractivity contribution < 1.29 is 13.7 Å². The summed E-state index contributed by atoms with van der Waals surface area (Å²) < 4.78 is 11.0. The number of hydrogen-bond donors (Lipinski definition) is 1. The first-order chi connectivity index (χ1) is 12.1. The number of piperidine rings is 1. The number of carbonyl (C=O) groups is 1. The van der Waals surface area contributed by atoms with E-state index in [9.17, 15) is 4.79 Å². The Balaban J connectivity index is 0.00000243. The molecule has 1 N–H and O–H groups in total. The standard InChI is InChI=1S/C18H26N4O3.ClH/c1-4-14-5-6-15(24-14)18(23)22-9-7-13(8-10-22)17-20-16(21-25-17)11-12(2)19-3;/h5-6,12-13,19H,4,7-11H2,1-3H3;1H. The average molecular weight is 383 g/mol. The third-order valence-corrected chi connectivity index (χ3v) is 4.82. The number of likely N-dealkylation sites (tertiary alicyclic amines) is 1. The number of halogens is 1. The Morgan fingerprint density at radius 2 is 2.12 bits per heavy atom. The molecule has 1 amide bonds. The largest absolute Gasteiger partial charge is 0.456 e. The van der Waals surface area contributed by atoms with Crippen LogP contribution in [0.15, 0.2) is 21.1 Å². The van der Waals surface area contributed by atoms with Gasteiger partial charge in [0.1, 0.15) is 5.76 Å².